The highest BCUT2D eigenvalue weighted by molar-refractivity contribution is 9.10. The first-order valence-corrected chi connectivity index (χ1v) is 25.0. The summed E-state index contributed by atoms with van der Waals surface area (Å²) in [7, 11) is -3.61. The number of aliphatic hydroxyl groups excluding tert-OH is 4. The Labute approximate surface area is 398 Å². The Bertz CT molecular complexity index is 3410. The van der Waals surface area contributed by atoms with E-state index in [2.05, 4.69) is 58.0 Å². The minimum absolute atomic E-state index is 0.0323. The van der Waals surface area contributed by atoms with Gasteiger partial charge in [-0.25, -0.2) is 38.3 Å². The first kappa shape index (κ1) is 44.6. The fraction of sp³-hybridized carbons (Fsp3) is 0.375. The highest BCUT2D eigenvalue weighted by Crippen LogP contribution is 2.57. The highest BCUT2D eigenvalue weighted by Gasteiger charge is 2.61. The summed E-state index contributed by atoms with van der Waals surface area (Å²) < 4.78 is 37.4. The van der Waals surface area contributed by atoms with Crippen LogP contribution >= 0.6 is 15.9 Å². The van der Waals surface area contributed by atoms with Gasteiger partial charge in [0.05, 0.1) is 74.6 Å². The van der Waals surface area contributed by atoms with Gasteiger partial charge in [0.15, 0.2) is 9.84 Å². The Morgan fingerprint density at radius 1 is 0.721 bits per heavy atom. The molecular weight excluding hydrogens is 955 g/mol. The minimum Gasteiger partial charge on any atom is -0.390 e. The fourth-order valence-electron chi connectivity index (χ4n) is 11.6. The lowest BCUT2D eigenvalue weighted by atomic mass is 9.80. The molecule has 4 fully saturated rings. The van der Waals surface area contributed by atoms with E-state index in [1.165, 1.54) is 6.33 Å². The van der Waals surface area contributed by atoms with Crippen LogP contribution in [0.4, 0.5) is 17.5 Å². The standard InChI is InChI=1S/C25H27N5O3.C23H23BrN6O4S/c1-14-18-6-7-30(24(18)28-13-27-14)20-11-25(23(32)22(20)31)10-17(33-12-25)8-15-2-3-16-4-5-21(26)29-19(16)9-15;24-14-5-11-1-2-12(6-15(11)29-21(14)26)17-8-23(9-35(17,33)34)7-16(18(31)19(23)32)30-4-3-13-20(25)27-10-28-22(13)30/h2-7,9,13,17,20,22-23,31-32H,8,10-12H2,1H3,(H2,26,29);1-6,10,16-19,31-32H,7-9H2,(H2,26,29)(H2,25,27,28). The number of halogens is 1. The largest absolute Gasteiger partial charge is 0.390 e. The number of rotatable bonds is 5. The van der Waals surface area contributed by atoms with Crippen LogP contribution in [0.15, 0.2) is 96.3 Å². The third-order valence-electron chi connectivity index (χ3n) is 15.1. The molecule has 2 spiro atoms. The second kappa shape index (κ2) is 16.4. The van der Waals surface area contributed by atoms with Crippen LogP contribution in [-0.4, -0.2) is 111 Å². The summed E-state index contributed by atoms with van der Waals surface area (Å²) >= 11 is 3.36. The Hall–Kier alpha value is -5.87. The molecule has 6 aromatic heterocycles. The summed E-state index contributed by atoms with van der Waals surface area (Å²) in [5.41, 5.74) is 21.6. The molecule has 0 bridgehead atoms. The molecule has 4 aliphatic rings. The predicted octanol–water partition coefficient (Wildman–Crippen LogP) is 4.67. The summed E-state index contributed by atoms with van der Waals surface area (Å²) in [6.45, 7) is 2.38. The third-order valence-corrected chi connectivity index (χ3v) is 18.0. The average Bonchev–Trinajstić information content (AvgIpc) is 4.16. The molecule has 10 N–H and O–H groups in total. The second-order valence-electron chi connectivity index (χ2n) is 19.2. The number of hydrogen-bond donors (Lipinski definition) is 7. The number of pyridine rings is 2. The normalized spacial score (nSPS) is 29.8. The van der Waals surface area contributed by atoms with Crippen LogP contribution in [0.2, 0.25) is 0 Å². The molecular formula is C48H50BrN11O7S. The Morgan fingerprint density at radius 3 is 2.13 bits per heavy atom. The molecule has 10 atom stereocenters. The van der Waals surface area contributed by atoms with E-state index in [0.717, 1.165) is 45.0 Å². The number of anilines is 3. The molecule has 8 heterocycles. The van der Waals surface area contributed by atoms with Gasteiger partial charge in [-0.3, -0.25) is 0 Å². The van der Waals surface area contributed by atoms with Gasteiger partial charge in [-0.15, -0.1) is 0 Å². The number of sulfone groups is 1. The zero-order valence-electron chi connectivity index (χ0n) is 36.8. The summed E-state index contributed by atoms with van der Waals surface area (Å²) in [6, 6.07) is 20.1. The van der Waals surface area contributed by atoms with Crippen LogP contribution in [0, 0.1) is 17.8 Å². The molecule has 352 valence electrons. The smallest absolute Gasteiger partial charge is 0.157 e. The van der Waals surface area contributed by atoms with E-state index in [9.17, 15) is 28.8 Å². The van der Waals surface area contributed by atoms with Crippen molar-refractivity contribution in [3.05, 3.63) is 113 Å². The molecule has 2 saturated carbocycles. The first-order valence-electron chi connectivity index (χ1n) is 22.4. The zero-order valence-corrected chi connectivity index (χ0v) is 39.2. The van der Waals surface area contributed by atoms with Gasteiger partial charge in [0.1, 0.15) is 53.6 Å². The Balaban J connectivity index is 0.000000149. The molecule has 18 nitrogen and oxygen atoms in total. The highest BCUT2D eigenvalue weighted by atomic mass is 79.9. The van der Waals surface area contributed by atoms with Crippen molar-refractivity contribution in [3.8, 4) is 0 Å². The van der Waals surface area contributed by atoms with Crippen LogP contribution in [0.5, 0.6) is 0 Å². The molecule has 2 saturated heterocycles. The van der Waals surface area contributed by atoms with E-state index < -0.39 is 56.4 Å². The quantitative estimate of drug-likeness (QED) is 0.123. The molecule has 68 heavy (non-hydrogen) atoms. The van der Waals surface area contributed by atoms with Gasteiger partial charge in [0.25, 0.3) is 0 Å². The van der Waals surface area contributed by atoms with Crippen molar-refractivity contribution in [2.45, 2.75) is 86.9 Å². The van der Waals surface area contributed by atoms with Gasteiger partial charge >= 0.3 is 0 Å². The third kappa shape index (κ3) is 7.35. The lowest BCUT2D eigenvalue weighted by Gasteiger charge is -2.26. The number of aliphatic hydroxyl groups is 4. The van der Waals surface area contributed by atoms with Crippen LogP contribution in [0.3, 0.4) is 0 Å². The maximum absolute atomic E-state index is 13.4. The molecule has 20 heteroatoms. The Kier molecular flexibility index (Phi) is 10.8. The van der Waals surface area contributed by atoms with Crippen molar-refractivity contribution < 1.29 is 33.6 Å². The number of nitrogens with zero attached hydrogens (tertiary/aromatic N) is 8. The van der Waals surface area contributed by atoms with Gasteiger partial charge in [0, 0.05) is 39.4 Å². The summed E-state index contributed by atoms with van der Waals surface area (Å²) in [5, 5.41) is 47.0. The van der Waals surface area contributed by atoms with E-state index in [4.69, 9.17) is 21.9 Å². The number of hydrogen-bond acceptors (Lipinski definition) is 16. The number of nitrogen functional groups attached to an aromatic ring is 3. The van der Waals surface area contributed by atoms with E-state index in [-0.39, 0.29) is 30.7 Å². The molecule has 0 amide bonds. The van der Waals surface area contributed by atoms with Crippen molar-refractivity contribution in [2.24, 2.45) is 10.8 Å². The van der Waals surface area contributed by atoms with Crippen molar-refractivity contribution in [2.75, 3.05) is 29.6 Å². The van der Waals surface area contributed by atoms with E-state index in [0.29, 0.717) is 63.5 Å². The fourth-order valence-corrected chi connectivity index (χ4v) is 14.5. The van der Waals surface area contributed by atoms with Gasteiger partial charge < -0.3 is 51.5 Å². The van der Waals surface area contributed by atoms with Crippen molar-refractivity contribution in [1.29, 1.82) is 0 Å². The molecule has 10 unspecified atom stereocenters. The number of aryl methyl sites for hydroxylation is 1. The molecule has 12 rings (SSSR count). The minimum atomic E-state index is -3.61. The zero-order chi connectivity index (χ0) is 47.4. The maximum Gasteiger partial charge on any atom is 0.157 e. The second-order valence-corrected chi connectivity index (χ2v) is 22.2. The van der Waals surface area contributed by atoms with Crippen LogP contribution in [0.1, 0.15) is 59.8 Å². The molecule has 2 aliphatic heterocycles. The van der Waals surface area contributed by atoms with Crippen molar-refractivity contribution in [1.82, 2.24) is 39.0 Å². The molecule has 0 radical (unpaired) electrons. The molecule has 8 aromatic rings. The van der Waals surface area contributed by atoms with E-state index >= 15 is 0 Å². The molecule has 2 aromatic carbocycles. The first-order chi connectivity index (χ1) is 32.5. The monoisotopic (exact) mass is 1000 g/mol. The van der Waals surface area contributed by atoms with Gasteiger partial charge in [-0.2, -0.15) is 0 Å². The maximum atomic E-state index is 13.4. The topological polar surface area (TPSA) is 290 Å². The average molecular weight is 1000 g/mol. The van der Waals surface area contributed by atoms with E-state index in [1.54, 1.807) is 41.4 Å². The summed E-state index contributed by atoms with van der Waals surface area (Å²) in [6.07, 6.45) is 4.95. The summed E-state index contributed by atoms with van der Waals surface area (Å²) in [5.74, 6) is 0.922. The number of aromatic nitrogens is 8. The number of ether oxygens (including phenoxy) is 1. The number of fused-ring (bicyclic) bond motifs is 4. The van der Waals surface area contributed by atoms with Crippen molar-refractivity contribution >= 4 is 87.1 Å². The SMILES string of the molecule is Cc1ncnc2c1ccn2C1CC2(COC(Cc3ccc4ccc(N)nc4c3)C2)C(O)C1O.Nc1nc2cc(C3CC4(CC(n5ccc6c(N)ncnc65)C(O)C4O)CS3(=O)=O)ccc2cc1Br. The van der Waals surface area contributed by atoms with E-state index in [1.807, 2.05) is 48.0 Å². The Morgan fingerprint density at radius 2 is 1.37 bits per heavy atom. The van der Waals surface area contributed by atoms with Gasteiger partial charge in [0.2, 0.25) is 0 Å². The summed E-state index contributed by atoms with van der Waals surface area (Å²) in [4.78, 5) is 25.8. The number of benzene rings is 2. The van der Waals surface area contributed by atoms with Gasteiger partial charge in [-0.05, 0) is 109 Å². The van der Waals surface area contributed by atoms with Crippen LogP contribution < -0.4 is 17.2 Å². The van der Waals surface area contributed by atoms with Crippen LogP contribution in [0.25, 0.3) is 43.9 Å². The lowest BCUT2D eigenvalue weighted by molar-refractivity contribution is -0.0308. The van der Waals surface area contributed by atoms with Crippen LogP contribution in [-0.2, 0) is 21.0 Å². The van der Waals surface area contributed by atoms with Crippen molar-refractivity contribution in [3.63, 3.8) is 0 Å². The van der Waals surface area contributed by atoms with Gasteiger partial charge in [-0.1, -0.05) is 24.3 Å². The molecule has 2 aliphatic carbocycles. The number of nitrogens with two attached hydrogens (primary N) is 3. The predicted molar refractivity (Wildman–Crippen MR) is 260 cm³/mol. The lowest BCUT2D eigenvalue weighted by Crippen LogP contribution is -2.37.